The summed E-state index contributed by atoms with van der Waals surface area (Å²) in [6, 6.07) is 20.5. The topological polar surface area (TPSA) is 92.9 Å². The van der Waals surface area contributed by atoms with Gasteiger partial charge in [-0.05, 0) is 57.2 Å². The van der Waals surface area contributed by atoms with Crippen LogP contribution in [-0.4, -0.2) is 57.1 Å². The van der Waals surface area contributed by atoms with Crippen molar-refractivity contribution in [3.63, 3.8) is 0 Å². The number of piperazine rings is 1. The van der Waals surface area contributed by atoms with Crippen molar-refractivity contribution in [1.82, 2.24) is 24.8 Å². The third-order valence-electron chi connectivity index (χ3n) is 7.53. The number of pyridine rings is 2. The first kappa shape index (κ1) is 26.8. The van der Waals surface area contributed by atoms with Crippen molar-refractivity contribution >= 4 is 46.8 Å². The van der Waals surface area contributed by atoms with Crippen LogP contribution in [0.4, 0.5) is 11.4 Å². The van der Waals surface area contributed by atoms with Crippen LogP contribution >= 0.6 is 13.5 Å². The van der Waals surface area contributed by atoms with Crippen molar-refractivity contribution in [1.29, 1.82) is 0 Å². The maximum Gasteiger partial charge on any atom is 0.261 e. The van der Waals surface area contributed by atoms with Gasteiger partial charge in [-0.3, -0.25) is 14.7 Å². The lowest BCUT2D eigenvalue weighted by molar-refractivity contribution is 0.209. The summed E-state index contributed by atoms with van der Waals surface area (Å²) in [5.74, 6) is 0.546. The Kier molecular flexibility index (Phi) is 7.63. The molecular formula is C30H35N7OS. The number of hydrogen-bond acceptors (Lipinski definition) is 6. The molecule has 6 rings (SSSR count). The number of aromatic amines is 2. The van der Waals surface area contributed by atoms with Gasteiger partial charge in [0.05, 0.1) is 34.0 Å². The number of anilines is 2. The summed E-state index contributed by atoms with van der Waals surface area (Å²) in [6.07, 6.45) is 1.78. The van der Waals surface area contributed by atoms with E-state index in [1.807, 2.05) is 55.5 Å². The Morgan fingerprint density at radius 1 is 0.897 bits per heavy atom. The highest BCUT2D eigenvalue weighted by Crippen LogP contribution is 2.34. The number of hydrogen-bond donors (Lipinski definition) is 3. The molecule has 1 atom stereocenters. The molecule has 0 amide bonds. The zero-order valence-electron chi connectivity index (χ0n) is 22.5. The Morgan fingerprint density at radius 2 is 1.67 bits per heavy atom. The summed E-state index contributed by atoms with van der Waals surface area (Å²) in [6.45, 7) is 10.7. The fourth-order valence-electron chi connectivity index (χ4n) is 5.35. The van der Waals surface area contributed by atoms with E-state index in [9.17, 15) is 4.79 Å². The van der Waals surface area contributed by atoms with E-state index in [-0.39, 0.29) is 25.1 Å². The van der Waals surface area contributed by atoms with Crippen LogP contribution in [0, 0.1) is 0 Å². The lowest BCUT2D eigenvalue weighted by Crippen LogP contribution is -2.48. The largest absolute Gasteiger partial charge is 0.376 e. The number of rotatable bonds is 6. The van der Waals surface area contributed by atoms with Gasteiger partial charge in [0.15, 0.2) is 0 Å². The fourth-order valence-corrected chi connectivity index (χ4v) is 5.35. The van der Waals surface area contributed by atoms with E-state index in [2.05, 4.69) is 56.0 Å². The average molecular weight is 542 g/mol. The second-order valence-electron chi connectivity index (χ2n) is 10.3. The van der Waals surface area contributed by atoms with Gasteiger partial charge in [0.2, 0.25) is 0 Å². The summed E-state index contributed by atoms with van der Waals surface area (Å²) in [7, 11) is 0. The van der Waals surface area contributed by atoms with Gasteiger partial charge in [-0.2, -0.15) is 13.5 Å². The van der Waals surface area contributed by atoms with Crippen LogP contribution in [0.25, 0.3) is 33.3 Å². The molecule has 202 valence electrons. The zero-order valence-corrected chi connectivity index (χ0v) is 23.5. The molecule has 0 radical (unpaired) electrons. The molecule has 1 saturated heterocycles. The maximum absolute atomic E-state index is 13.5. The van der Waals surface area contributed by atoms with E-state index in [0.717, 1.165) is 59.5 Å². The molecule has 39 heavy (non-hydrogen) atoms. The standard InChI is InChI=1S/C30H33N7O.H2S/c1-19(2)36-14-16-37(17-15-36)21-11-12-25-26(18-21)34-29(33-25)27-28(32-20(3)23-9-6-7-13-31-23)22-8-4-5-10-24(22)35-30(27)38;/h4-13,18-20H,14-17H2,1-3H3,(H,33,34)(H2,32,35,38);1H2/t20-;/m0./s1. The minimum Gasteiger partial charge on any atom is -0.376 e. The predicted molar refractivity (Wildman–Crippen MR) is 165 cm³/mol. The molecule has 3 aromatic heterocycles. The second-order valence-corrected chi connectivity index (χ2v) is 10.3. The van der Waals surface area contributed by atoms with Crippen molar-refractivity contribution in [2.24, 2.45) is 0 Å². The number of aromatic nitrogens is 4. The van der Waals surface area contributed by atoms with Gasteiger partial charge in [0.25, 0.3) is 5.56 Å². The normalized spacial score (nSPS) is 15.0. The highest BCUT2D eigenvalue weighted by Gasteiger charge is 2.22. The molecule has 4 heterocycles. The van der Waals surface area contributed by atoms with Gasteiger partial charge in [-0.15, -0.1) is 0 Å². The average Bonchev–Trinajstić information content (AvgIpc) is 3.36. The van der Waals surface area contributed by atoms with Gasteiger partial charge in [-0.1, -0.05) is 24.3 Å². The first-order valence-corrected chi connectivity index (χ1v) is 13.3. The van der Waals surface area contributed by atoms with Crippen LogP contribution in [0.2, 0.25) is 0 Å². The van der Waals surface area contributed by atoms with Crippen molar-refractivity contribution in [2.75, 3.05) is 36.4 Å². The molecule has 1 fully saturated rings. The molecule has 3 N–H and O–H groups in total. The number of nitrogens with one attached hydrogen (secondary N) is 3. The lowest BCUT2D eigenvalue weighted by atomic mass is 10.1. The summed E-state index contributed by atoms with van der Waals surface area (Å²) in [5.41, 5.74) is 5.64. The second kappa shape index (κ2) is 11.1. The third kappa shape index (κ3) is 5.24. The molecule has 0 unspecified atom stereocenters. The van der Waals surface area contributed by atoms with E-state index in [1.165, 1.54) is 5.69 Å². The molecule has 8 nitrogen and oxygen atoms in total. The quantitative estimate of drug-likeness (QED) is 0.271. The minimum absolute atomic E-state index is 0. The number of benzene rings is 2. The van der Waals surface area contributed by atoms with Crippen LogP contribution in [0.15, 0.2) is 71.7 Å². The summed E-state index contributed by atoms with van der Waals surface area (Å²) < 4.78 is 0. The summed E-state index contributed by atoms with van der Waals surface area (Å²) in [4.78, 5) is 34.3. The number of imidazole rings is 1. The van der Waals surface area contributed by atoms with Crippen molar-refractivity contribution in [3.8, 4) is 11.4 Å². The molecule has 0 aliphatic carbocycles. The molecule has 9 heteroatoms. The van der Waals surface area contributed by atoms with Crippen LogP contribution in [0.5, 0.6) is 0 Å². The molecule has 0 saturated carbocycles. The Balaban J connectivity index is 0.00000308. The van der Waals surface area contributed by atoms with E-state index < -0.39 is 0 Å². The van der Waals surface area contributed by atoms with E-state index in [0.29, 0.717) is 17.4 Å². The minimum atomic E-state index is -0.191. The number of H-pyrrole nitrogens is 2. The molecule has 5 aromatic rings. The lowest BCUT2D eigenvalue weighted by Gasteiger charge is -2.38. The monoisotopic (exact) mass is 541 g/mol. The fraction of sp³-hybridized carbons (Fsp3) is 0.300. The van der Waals surface area contributed by atoms with Crippen LogP contribution in [-0.2, 0) is 0 Å². The maximum atomic E-state index is 13.5. The van der Waals surface area contributed by atoms with Crippen LogP contribution in [0.3, 0.4) is 0 Å². The predicted octanol–water partition coefficient (Wildman–Crippen LogP) is 5.28. The van der Waals surface area contributed by atoms with Crippen molar-refractivity contribution in [2.45, 2.75) is 32.9 Å². The van der Waals surface area contributed by atoms with E-state index >= 15 is 0 Å². The van der Waals surface area contributed by atoms with Crippen molar-refractivity contribution < 1.29 is 0 Å². The summed E-state index contributed by atoms with van der Waals surface area (Å²) >= 11 is 0. The van der Waals surface area contributed by atoms with E-state index in [1.54, 1.807) is 6.20 Å². The smallest absolute Gasteiger partial charge is 0.261 e. The Morgan fingerprint density at radius 3 is 2.41 bits per heavy atom. The molecule has 0 bridgehead atoms. The molecule has 1 aliphatic rings. The Labute approximate surface area is 234 Å². The Bertz CT molecular complexity index is 1640. The first-order valence-electron chi connectivity index (χ1n) is 13.3. The summed E-state index contributed by atoms with van der Waals surface area (Å²) in [5, 5.41) is 4.50. The zero-order chi connectivity index (χ0) is 26.2. The van der Waals surface area contributed by atoms with Crippen molar-refractivity contribution in [3.05, 3.63) is 82.9 Å². The van der Waals surface area contributed by atoms with E-state index in [4.69, 9.17) is 4.98 Å². The highest BCUT2D eigenvalue weighted by atomic mass is 32.1. The number of fused-ring (bicyclic) bond motifs is 2. The van der Waals surface area contributed by atoms with Crippen LogP contribution in [0.1, 0.15) is 32.5 Å². The molecular weight excluding hydrogens is 506 g/mol. The molecule has 0 spiro atoms. The number of nitrogens with zero attached hydrogens (tertiary/aromatic N) is 4. The molecule has 1 aliphatic heterocycles. The molecule has 2 aromatic carbocycles. The third-order valence-corrected chi connectivity index (χ3v) is 7.53. The number of para-hydroxylation sites is 1. The van der Waals surface area contributed by atoms with Gasteiger partial charge in [0, 0.05) is 49.5 Å². The van der Waals surface area contributed by atoms with Crippen LogP contribution < -0.4 is 15.8 Å². The first-order chi connectivity index (χ1) is 18.5. The van der Waals surface area contributed by atoms with Gasteiger partial charge < -0.3 is 20.2 Å². The SMILES string of the molecule is CC(C)N1CCN(c2ccc3nc(-c4c(N[C@@H](C)c5ccccn5)c5ccccc5[nH]c4=O)[nH]c3c2)CC1.S. The van der Waals surface area contributed by atoms with Gasteiger partial charge in [-0.25, -0.2) is 4.98 Å². The Hall–Kier alpha value is -3.82. The van der Waals surface area contributed by atoms with Gasteiger partial charge >= 0.3 is 0 Å². The highest BCUT2D eigenvalue weighted by molar-refractivity contribution is 7.59. The van der Waals surface area contributed by atoms with Gasteiger partial charge in [0.1, 0.15) is 11.4 Å².